The highest BCUT2D eigenvalue weighted by Crippen LogP contribution is 2.27. The number of nitrogens with two attached hydrogens (primary N) is 1. The first-order chi connectivity index (χ1) is 9.56. The topological polar surface area (TPSA) is 52.3 Å². The molecular weight excluding hydrogens is 257 g/mol. The van der Waals surface area contributed by atoms with Crippen LogP contribution in [-0.4, -0.2) is 13.1 Å². The Hall–Kier alpha value is -2.36. The Morgan fingerprint density at radius 3 is 2.60 bits per heavy atom. The molecule has 0 aliphatic carbocycles. The van der Waals surface area contributed by atoms with Crippen molar-refractivity contribution in [2.45, 2.75) is 13.3 Å². The first kappa shape index (κ1) is 14.1. The largest absolute Gasteiger partial charge is 0.465 e. The van der Waals surface area contributed by atoms with Crippen LogP contribution in [0.4, 0.5) is 10.1 Å². The predicted molar refractivity (Wildman–Crippen MR) is 77.0 cm³/mol. The van der Waals surface area contributed by atoms with E-state index in [1.54, 1.807) is 6.07 Å². The number of rotatable bonds is 3. The van der Waals surface area contributed by atoms with E-state index >= 15 is 0 Å². The van der Waals surface area contributed by atoms with Crippen LogP contribution < -0.4 is 5.73 Å². The quantitative estimate of drug-likeness (QED) is 0.688. The number of hydrogen-bond donors (Lipinski definition) is 1. The van der Waals surface area contributed by atoms with Crippen LogP contribution in [0.1, 0.15) is 22.8 Å². The molecule has 0 atom stereocenters. The molecule has 0 radical (unpaired) electrons. The van der Waals surface area contributed by atoms with E-state index in [0.717, 1.165) is 17.5 Å². The van der Waals surface area contributed by atoms with E-state index in [2.05, 4.69) is 11.7 Å². The lowest BCUT2D eigenvalue weighted by atomic mass is 9.99. The molecule has 0 spiro atoms. The summed E-state index contributed by atoms with van der Waals surface area (Å²) in [5.41, 5.74) is 8.28. The SMILES string of the molecule is CCc1cccc(-c2cc(N)c(C(=O)OC)c(F)c2)c1. The molecule has 2 aromatic rings. The van der Waals surface area contributed by atoms with Gasteiger partial charge in [0, 0.05) is 5.69 Å². The number of nitrogen functional groups attached to an aromatic ring is 1. The van der Waals surface area contributed by atoms with Crippen LogP contribution in [0.15, 0.2) is 36.4 Å². The second-order valence-corrected chi connectivity index (χ2v) is 4.47. The summed E-state index contributed by atoms with van der Waals surface area (Å²) in [5, 5.41) is 0. The number of halogens is 1. The third kappa shape index (κ3) is 2.64. The van der Waals surface area contributed by atoms with E-state index < -0.39 is 11.8 Å². The molecule has 20 heavy (non-hydrogen) atoms. The minimum Gasteiger partial charge on any atom is -0.465 e. The number of aryl methyl sites for hydroxylation is 1. The standard InChI is InChI=1S/C16H16FNO2/c1-3-10-5-4-6-11(7-10)12-8-13(17)15(14(18)9-12)16(19)20-2/h4-9H,3,18H2,1-2H3. The average Bonchev–Trinajstić information content (AvgIpc) is 2.46. The van der Waals surface area contributed by atoms with E-state index in [-0.39, 0.29) is 11.3 Å². The molecule has 2 N–H and O–H groups in total. The molecule has 0 fully saturated rings. The van der Waals surface area contributed by atoms with Crippen molar-refractivity contribution < 1.29 is 13.9 Å². The first-order valence-electron chi connectivity index (χ1n) is 6.33. The Labute approximate surface area is 117 Å². The second kappa shape index (κ2) is 5.74. The van der Waals surface area contributed by atoms with Gasteiger partial charge in [-0.15, -0.1) is 0 Å². The fraction of sp³-hybridized carbons (Fsp3) is 0.188. The van der Waals surface area contributed by atoms with E-state index in [1.165, 1.54) is 13.2 Å². The Balaban J connectivity index is 2.51. The van der Waals surface area contributed by atoms with Crippen LogP contribution in [0.2, 0.25) is 0 Å². The highest BCUT2D eigenvalue weighted by molar-refractivity contribution is 5.96. The third-order valence-corrected chi connectivity index (χ3v) is 3.18. The molecular formula is C16H16FNO2. The van der Waals surface area contributed by atoms with Crippen molar-refractivity contribution in [3.63, 3.8) is 0 Å². The van der Waals surface area contributed by atoms with Gasteiger partial charge < -0.3 is 10.5 Å². The van der Waals surface area contributed by atoms with Crippen LogP contribution in [0.5, 0.6) is 0 Å². The first-order valence-corrected chi connectivity index (χ1v) is 6.33. The fourth-order valence-corrected chi connectivity index (χ4v) is 2.08. The fourth-order valence-electron chi connectivity index (χ4n) is 2.08. The Morgan fingerprint density at radius 2 is 2.00 bits per heavy atom. The zero-order valence-corrected chi connectivity index (χ0v) is 11.4. The summed E-state index contributed by atoms with van der Waals surface area (Å²) < 4.78 is 18.6. The molecule has 2 aromatic carbocycles. The highest BCUT2D eigenvalue weighted by atomic mass is 19.1. The normalized spacial score (nSPS) is 10.3. The molecule has 3 nitrogen and oxygen atoms in total. The zero-order valence-electron chi connectivity index (χ0n) is 11.4. The number of carbonyl (C=O) groups is 1. The molecule has 0 saturated heterocycles. The summed E-state index contributed by atoms with van der Waals surface area (Å²) in [5.74, 6) is -1.44. The average molecular weight is 273 g/mol. The van der Waals surface area contributed by atoms with Gasteiger partial charge in [0.15, 0.2) is 0 Å². The van der Waals surface area contributed by atoms with Gasteiger partial charge in [-0.1, -0.05) is 31.2 Å². The lowest BCUT2D eigenvalue weighted by Crippen LogP contribution is -2.08. The van der Waals surface area contributed by atoms with Gasteiger partial charge in [0.25, 0.3) is 0 Å². The smallest absolute Gasteiger partial charge is 0.342 e. The number of benzene rings is 2. The Kier molecular flexibility index (Phi) is 4.03. The minimum atomic E-state index is -0.770. The van der Waals surface area contributed by atoms with Crippen molar-refractivity contribution in [2.75, 3.05) is 12.8 Å². The van der Waals surface area contributed by atoms with Gasteiger partial charge in [-0.05, 0) is 35.2 Å². The summed E-state index contributed by atoms with van der Waals surface area (Å²) in [6.45, 7) is 2.05. The third-order valence-electron chi connectivity index (χ3n) is 3.18. The zero-order chi connectivity index (χ0) is 14.7. The van der Waals surface area contributed by atoms with Gasteiger partial charge >= 0.3 is 5.97 Å². The molecule has 4 heteroatoms. The van der Waals surface area contributed by atoms with E-state index in [0.29, 0.717) is 5.56 Å². The van der Waals surface area contributed by atoms with Crippen molar-refractivity contribution in [1.82, 2.24) is 0 Å². The number of carbonyl (C=O) groups excluding carboxylic acids is 1. The van der Waals surface area contributed by atoms with Gasteiger partial charge in [0.1, 0.15) is 11.4 Å². The van der Waals surface area contributed by atoms with Crippen molar-refractivity contribution in [3.05, 3.63) is 53.3 Å². The highest BCUT2D eigenvalue weighted by Gasteiger charge is 2.17. The van der Waals surface area contributed by atoms with Crippen LogP contribution in [-0.2, 0) is 11.2 Å². The maximum absolute atomic E-state index is 14.0. The van der Waals surface area contributed by atoms with E-state index in [1.807, 2.05) is 24.3 Å². The maximum atomic E-state index is 14.0. The lowest BCUT2D eigenvalue weighted by Gasteiger charge is -2.09. The van der Waals surface area contributed by atoms with Gasteiger partial charge in [-0.2, -0.15) is 0 Å². The molecule has 2 rings (SSSR count). The molecule has 0 aliphatic heterocycles. The summed E-state index contributed by atoms with van der Waals surface area (Å²) >= 11 is 0. The van der Waals surface area contributed by atoms with Crippen LogP contribution in [0.3, 0.4) is 0 Å². The second-order valence-electron chi connectivity index (χ2n) is 4.47. The molecule has 0 aliphatic rings. The molecule has 0 amide bonds. The van der Waals surface area contributed by atoms with Gasteiger partial charge in [-0.3, -0.25) is 0 Å². The monoisotopic (exact) mass is 273 g/mol. The van der Waals surface area contributed by atoms with Gasteiger partial charge in [0.2, 0.25) is 0 Å². The maximum Gasteiger partial charge on any atom is 0.342 e. The lowest BCUT2D eigenvalue weighted by molar-refractivity contribution is 0.0597. The number of ether oxygens (including phenoxy) is 1. The molecule has 104 valence electrons. The number of methoxy groups -OCH3 is 1. The Bertz CT molecular complexity index is 630. The van der Waals surface area contributed by atoms with E-state index in [9.17, 15) is 9.18 Å². The molecule has 0 saturated carbocycles. The van der Waals surface area contributed by atoms with Gasteiger partial charge in [0.05, 0.1) is 7.11 Å². The number of esters is 1. The molecule has 0 heterocycles. The van der Waals surface area contributed by atoms with Crippen LogP contribution in [0, 0.1) is 5.82 Å². The minimum absolute atomic E-state index is 0.0775. The summed E-state index contributed by atoms with van der Waals surface area (Å²) in [4.78, 5) is 11.5. The number of anilines is 1. The number of hydrogen-bond acceptors (Lipinski definition) is 3. The van der Waals surface area contributed by atoms with Crippen molar-refractivity contribution in [1.29, 1.82) is 0 Å². The molecule has 0 unspecified atom stereocenters. The van der Waals surface area contributed by atoms with E-state index in [4.69, 9.17) is 5.73 Å². The van der Waals surface area contributed by atoms with Crippen molar-refractivity contribution in [3.8, 4) is 11.1 Å². The van der Waals surface area contributed by atoms with Gasteiger partial charge in [-0.25, -0.2) is 9.18 Å². The van der Waals surface area contributed by atoms with Crippen molar-refractivity contribution >= 4 is 11.7 Å². The molecule has 0 bridgehead atoms. The Morgan fingerprint density at radius 1 is 1.25 bits per heavy atom. The summed E-state index contributed by atoms with van der Waals surface area (Å²) in [6.07, 6.45) is 0.895. The van der Waals surface area contributed by atoms with Crippen LogP contribution in [0.25, 0.3) is 11.1 Å². The van der Waals surface area contributed by atoms with Crippen LogP contribution >= 0.6 is 0 Å². The predicted octanol–water partition coefficient (Wildman–Crippen LogP) is 3.42. The summed E-state index contributed by atoms with van der Waals surface area (Å²) in [6, 6.07) is 10.7. The van der Waals surface area contributed by atoms with Crippen molar-refractivity contribution in [2.24, 2.45) is 0 Å². The summed E-state index contributed by atoms with van der Waals surface area (Å²) in [7, 11) is 1.19. The molecule has 0 aromatic heterocycles.